The van der Waals surface area contributed by atoms with Gasteiger partial charge in [-0.25, -0.2) is 0 Å². The number of nitrogens with zero attached hydrogens (tertiary/aromatic N) is 2. The molecule has 0 aliphatic carbocycles. The highest BCUT2D eigenvalue weighted by Crippen LogP contribution is 2.21. The van der Waals surface area contributed by atoms with Crippen molar-refractivity contribution in [3.8, 4) is 0 Å². The fraction of sp³-hybridized carbons (Fsp3) is 0.889. The van der Waals surface area contributed by atoms with Gasteiger partial charge in [-0.1, -0.05) is 0 Å². The summed E-state index contributed by atoms with van der Waals surface area (Å²) >= 11 is 0. The monoisotopic (exact) mass is 376 g/mol. The third kappa shape index (κ3) is 6.83. The minimum atomic E-state index is -0.495. The lowest BCUT2D eigenvalue weighted by Crippen LogP contribution is -2.60. The summed E-state index contributed by atoms with van der Waals surface area (Å²) < 4.78 is 21.8. The third-order valence-electron chi connectivity index (χ3n) is 4.88. The van der Waals surface area contributed by atoms with Crippen molar-refractivity contribution in [3.05, 3.63) is 0 Å². The zero-order valence-corrected chi connectivity index (χ0v) is 17.6. The first-order valence-electron chi connectivity index (χ1n) is 8.72. The van der Waals surface area contributed by atoms with Crippen molar-refractivity contribution in [3.63, 3.8) is 0 Å². The van der Waals surface area contributed by atoms with Gasteiger partial charge in [-0.2, -0.15) is 0 Å². The number of methoxy groups -OCH3 is 4. The second kappa shape index (κ2) is 12.2. The number of hydrogen-bond acceptors (Lipinski definition) is 6. The molecule has 0 fully saturated rings. The van der Waals surface area contributed by atoms with Gasteiger partial charge in [0.05, 0.1) is 37.3 Å². The Hall–Kier alpha value is -1.22. The fourth-order valence-corrected chi connectivity index (χ4v) is 2.94. The van der Waals surface area contributed by atoms with Crippen molar-refractivity contribution < 1.29 is 28.5 Å². The molecule has 8 nitrogen and oxygen atoms in total. The summed E-state index contributed by atoms with van der Waals surface area (Å²) in [6.45, 7) is 5.47. The number of carbonyl (C=O) groups excluding carboxylic acids is 2. The van der Waals surface area contributed by atoms with Crippen LogP contribution in [0.3, 0.4) is 0 Å². The summed E-state index contributed by atoms with van der Waals surface area (Å²) in [4.78, 5) is 27.8. The van der Waals surface area contributed by atoms with Gasteiger partial charge in [0.15, 0.2) is 0 Å². The van der Waals surface area contributed by atoms with Crippen molar-refractivity contribution in [2.75, 3.05) is 49.1 Å². The quantitative estimate of drug-likeness (QED) is 0.501. The molecule has 0 radical (unpaired) electrons. The van der Waals surface area contributed by atoms with Gasteiger partial charge in [0.2, 0.25) is 11.8 Å². The molecule has 0 bridgehead atoms. The maximum absolute atomic E-state index is 12.7. The molecule has 5 atom stereocenters. The molecule has 0 aliphatic rings. The van der Waals surface area contributed by atoms with Crippen molar-refractivity contribution in [1.82, 2.24) is 9.80 Å². The maximum Gasteiger partial charge on any atom is 0.225 e. The van der Waals surface area contributed by atoms with Crippen LogP contribution in [0.5, 0.6) is 0 Å². The molecule has 8 heteroatoms. The summed E-state index contributed by atoms with van der Waals surface area (Å²) in [5, 5.41) is 0. The van der Waals surface area contributed by atoms with Gasteiger partial charge < -0.3 is 28.7 Å². The van der Waals surface area contributed by atoms with Crippen molar-refractivity contribution in [2.45, 2.75) is 57.6 Å². The van der Waals surface area contributed by atoms with Crippen LogP contribution in [0.2, 0.25) is 0 Å². The third-order valence-corrected chi connectivity index (χ3v) is 4.88. The second-order valence-corrected chi connectivity index (χ2v) is 6.54. The van der Waals surface area contributed by atoms with E-state index >= 15 is 0 Å². The largest absolute Gasteiger partial charge is 0.382 e. The molecular weight excluding hydrogens is 340 g/mol. The number of carbonyl (C=O) groups is 2. The van der Waals surface area contributed by atoms with Crippen LogP contribution >= 0.6 is 0 Å². The van der Waals surface area contributed by atoms with Gasteiger partial charge in [0.25, 0.3) is 0 Å². The topological polar surface area (TPSA) is 77.5 Å². The Bertz CT molecular complexity index is 434. The summed E-state index contributed by atoms with van der Waals surface area (Å²) in [6.07, 6.45) is -0.760. The molecule has 0 saturated carbocycles. The number of amides is 2. The minimum absolute atomic E-state index is 0.0862. The van der Waals surface area contributed by atoms with Crippen LogP contribution in [0.25, 0.3) is 0 Å². The standard InChI is InChI=1S/C18H36N2O6/c1-12(24-7)10-16(22)20(5)17(13(2)25-8)18(26-9)15(11-23-6)19(4)14(3)21/h12-13,15,17-18H,10-11H2,1-9H3/t12-,13+,15-,17+,18+/m0/s1. The molecular formula is C18H36N2O6. The molecule has 0 heterocycles. The first kappa shape index (κ1) is 24.8. The Kier molecular flexibility index (Phi) is 11.6. The predicted octanol–water partition coefficient (Wildman–Crippen LogP) is 0.782. The van der Waals surface area contributed by atoms with Crippen LogP contribution in [0, 0.1) is 0 Å². The fourth-order valence-electron chi connectivity index (χ4n) is 2.94. The van der Waals surface area contributed by atoms with Crippen molar-refractivity contribution >= 4 is 11.8 Å². The average Bonchev–Trinajstić information content (AvgIpc) is 2.62. The molecule has 154 valence electrons. The number of likely N-dealkylation sites (N-methyl/N-ethyl adjacent to an activating group) is 2. The van der Waals surface area contributed by atoms with E-state index in [1.807, 2.05) is 13.8 Å². The molecule has 0 unspecified atom stereocenters. The van der Waals surface area contributed by atoms with Crippen LogP contribution in [-0.4, -0.2) is 101 Å². The highest BCUT2D eigenvalue weighted by molar-refractivity contribution is 5.77. The van der Waals surface area contributed by atoms with E-state index in [2.05, 4.69) is 0 Å². The van der Waals surface area contributed by atoms with Gasteiger partial charge in [0.1, 0.15) is 6.10 Å². The van der Waals surface area contributed by atoms with E-state index in [9.17, 15) is 9.59 Å². The zero-order chi connectivity index (χ0) is 20.4. The van der Waals surface area contributed by atoms with E-state index < -0.39 is 12.1 Å². The molecule has 0 N–H and O–H groups in total. The Morgan fingerprint density at radius 2 is 1.50 bits per heavy atom. The van der Waals surface area contributed by atoms with E-state index in [4.69, 9.17) is 18.9 Å². The Morgan fingerprint density at radius 3 is 1.88 bits per heavy atom. The summed E-state index contributed by atoms with van der Waals surface area (Å²) in [5.41, 5.74) is 0. The van der Waals surface area contributed by atoms with E-state index in [-0.39, 0.29) is 43.1 Å². The number of ether oxygens (including phenoxy) is 4. The van der Waals surface area contributed by atoms with E-state index in [1.54, 1.807) is 52.3 Å². The first-order chi connectivity index (χ1) is 12.2. The van der Waals surface area contributed by atoms with Crippen LogP contribution in [0.4, 0.5) is 0 Å². The smallest absolute Gasteiger partial charge is 0.225 e. The SMILES string of the molecule is COC[C@@H]([C@@H](OC)[C@@H]([C@@H](C)OC)N(C)C(=O)C[C@H](C)OC)N(C)C(C)=O. The molecule has 0 aromatic carbocycles. The highest BCUT2D eigenvalue weighted by Gasteiger charge is 2.40. The van der Waals surface area contributed by atoms with E-state index in [1.165, 1.54) is 6.92 Å². The lowest BCUT2D eigenvalue weighted by Gasteiger charge is -2.43. The molecule has 0 aromatic heterocycles. The maximum atomic E-state index is 12.7. The van der Waals surface area contributed by atoms with Crippen LogP contribution < -0.4 is 0 Å². The first-order valence-corrected chi connectivity index (χ1v) is 8.72. The van der Waals surface area contributed by atoms with Crippen LogP contribution in [0.1, 0.15) is 27.2 Å². The Balaban J connectivity index is 5.74. The molecule has 0 rings (SSSR count). The normalized spacial score (nSPS) is 17.1. The van der Waals surface area contributed by atoms with Gasteiger partial charge in [-0.05, 0) is 13.8 Å². The average molecular weight is 376 g/mol. The van der Waals surface area contributed by atoms with Crippen molar-refractivity contribution in [1.29, 1.82) is 0 Å². The molecule has 26 heavy (non-hydrogen) atoms. The molecule has 0 saturated heterocycles. The molecule has 0 aliphatic heterocycles. The predicted molar refractivity (Wildman–Crippen MR) is 99.0 cm³/mol. The Labute approximate surface area is 157 Å². The molecule has 0 aromatic rings. The minimum Gasteiger partial charge on any atom is -0.382 e. The van der Waals surface area contributed by atoms with E-state index in [0.717, 1.165) is 0 Å². The molecule has 2 amide bonds. The zero-order valence-electron chi connectivity index (χ0n) is 17.6. The second-order valence-electron chi connectivity index (χ2n) is 6.54. The van der Waals surface area contributed by atoms with Gasteiger partial charge in [-0.3, -0.25) is 9.59 Å². The number of hydrogen-bond donors (Lipinski definition) is 0. The van der Waals surface area contributed by atoms with Crippen LogP contribution in [0.15, 0.2) is 0 Å². The van der Waals surface area contributed by atoms with Gasteiger partial charge in [-0.15, -0.1) is 0 Å². The van der Waals surface area contributed by atoms with Crippen LogP contribution in [-0.2, 0) is 28.5 Å². The molecule has 0 spiro atoms. The highest BCUT2D eigenvalue weighted by atomic mass is 16.5. The summed E-state index contributed by atoms with van der Waals surface area (Å²) in [6, 6.07) is -0.788. The van der Waals surface area contributed by atoms with Gasteiger partial charge >= 0.3 is 0 Å². The lowest BCUT2D eigenvalue weighted by molar-refractivity contribution is -0.149. The Morgan fingerprint density at radius 1 is 0.923 bits per heavy atom. The number of rotatable bonds is 12. The summed E-state index contributed by atoms with van der Waals surface area (Å²) in [7, 11) is 9.70. The van der Waals surface area contributed by atoms with Gasteiger partial charge in [0, 0.05) is 49.5 Å². The summed E-state index contributed by atoms with van der Waals surface area (Å²) in [5.74, 6) is -0.197. The van der Waals surface area contributed by atoms with E-state index in [0.29, 0.717) is 0 Å². The van der Waals surface area contributed by atoms with Crippen molar-refractivity contribution in [2.24, 2.45) is 0 Å². The lowest BCUT2D eigenvalue weighted by atomic mass is 9.96.